The molecule has 1 fully saturated rings. The molecule has 1 aliphatic rings. The number of amides is 1. The van der Waals surface area contributed by atoms with Gasteiger partial charge >= 0.3 is 5.97 Å². The molecule has 0 aromatic heterocycles. The third-order valence-corrected chi connectivity index (χ3v) is 3.91. The number of nitrogens with zero attached hydrogens (tertiary/aromatic N) is 1. The van der Waals surface area contributed by atoms with Crippen LogP contribution in [0.15, 0.2) is 22.7 Å². The fraction of sp³-hybridized carbons (Fsp3) is 0.429. The van der Waals surface area contributed by atoms with Gasteiger partial charge in [0.15, 0.2) is 6.61 Å². The van der Waals surface area contributed by atoms with Gasteiger partial charge in [0.2, 0.25) is 0 Å². The first kappa shape index (κ1) is 15.8. The highest BCUT2D eigenvalue weighted by atomic mass is 79.9. The molecule has 1 unspecified atom stereocenters. The van der Waals surface area contributed by atoms with Crippen molar-refractivity contribution in [3.05, 3.63) is 28.5 Å². The zero-order chi connectivity index (χ0) is 15.4. The largest absolute Gasteiger partial charge is 0.483 e. The van der Waals surface area contributed by atoms with Crippen LogP contribution in [0.25, 0.3) is 0 Å². The van der Waals surface area contributed by atoms with E-state index < -0.39 is 17.8 Å². The number of esters is 1. The molecule has 0 saturated carbocycles. The number of likely N-dealkylation sites (tertiary alicyclic amines) is 1. The summed E-state index contributed by atoms with van der Waals surface area (Å²) in [6.07, 6.45) is 1.35. The summed E-state index contributed by atoms with van der Waals surface area (Å²) in [6.45, 7) is 0.296. The Morgan fingerprint density at radius 3 is 2.90 bits per heavy atom. The molecule has 0 N–H and O–H groups in total. The van der Waals surface area contributed by atoms with E-state index in [4.69, 9.17) is 4.74 Å². The van der Waals surface area contributed by atoms with E-state index in [1.165, 1.54) is 30.2 Å². The van der Waals surface area contributed by atoms with Crippen LogP contribution in [0.4, 0.5) is 4.39 Å². The number of carbonyl (C=O) groups excluding carboxylic acids is 2. The van der Waals surface area contributed by atoms with Gasteiger partial charge in [-0.25, -0.2) is 9.18 Å². The van der Waals surface area contributed by atoms with Gasteiger partial charge in [0, 0.05) is 6.54 Å². The van der Waals surface area contributed by atoms with E-state index in [-0.39, 0.29) is 12.5 Å². The Morgan fingerprint density at radius 1 is 1.48 bits per heavy atom. The van der Waals surface area contributed by atoms with Crippen LogP contribution in [0.5, 0.6) is 5.75 Å². The van der Waals surface area contributed by atoms with Gasteiger partial charge in [-0.15, -0.1) is 0 Å². The summed E-state index contributed by atoms with van der Waals surface area (Å²) >= 11 is 3.16. The molecule has 1 heterocycles. The topological polar surface area (TPSA) is 55.8 Å². The fourth-order valence-corrected chi connectivity index (χ4v) is 2.73. The third-order valence-electron chi connectivity index (χ3n) is 3.29. The number of methoxy groups -OCH3 is 1. The molecule has 1 saturated heterocycles. The molecule has 5 nitrogen and oxygen atoms in total. The zero-order valence-corrected chi connectivity index (χ0v) is 13.1. The van der Waals surface area contributed by atoms with Crippen molar-refractivity contribution in [3.8, 4) is 5.75 Å². The Labute approximate surface area is 130 Å². The Bertz CT molecular complexity index is 552. The number of carbonyl (C=O) groups is 2. The summed E-state index contributed by atoms with van der Waals surface area (Å²) in [7, 11) is 1.30. The van der Waals surface area contributed by atoms with Crippen molar-refractivity contribution in [2.45, 2.75) is 18.9 Å². The summed E-state index contributed by atoms with van der Waals surface area (Å²) in [5.41, 5.74) is 0. The summed E-state index contributed by atoms with van der Waals surface area (Å²) in [4.78, 5) is 25.2. The Kier molecular flexibility index (Phi) is 5.17. The van der Waals surface area contributed by atoms with Crippen molar-refractivity contribution < 1.29 is 23.5 Å². The molecule has 0 spiro atoms. The van der Waals surface area contributed by atoms with E-state index in [2.05, 4.69) is 20.7 Å². The van der Waals surface area contributed by atoms with Crippen molar-refractivity contribution in [1.29, 1.82) is 0 Å². The zero-order valence-electron chi connectivity index (χ0n) is 11.5. The predicted octanol–water partition coefficient (Wildman–Crippen LogP) is 2.13. The maximum atomic E-state index is 13.0. The molecule has 114 valence electrons. The summed E-state index contributed by atoms with van der Waals surface area (Å²) in [5, 5.41) is 0. The summed E-state index contributed by atoms with van der Waals surface area (Å²) < 4.78 is 23.4. The van der Waals surface area contributed by atoms with Gasteiger partial charge in [-0.1, -0.05) is 0 Å². The Balaban J connectivity index is 1.96. The number of hydrogen-bond acceptors (Lipinski definition) is 4. The molecule has 1 aliphatic heterocycles. The van der Waals surface area contributed by atoms with E-state index in [9.17, 15) is 14.0 Å². The van der Waals surface area contributed by atoms with Crippen molar-refractivity contribution >= 4 is 27.8 Å². The standard InChI is InChI=1S/C14H15BrFNO4/c1-20-14(19)11-3-2-6-17(11)13(18)8-21-12-5-4-9(16)7-10(12)15/h4-5,7,11H,2-3,6,8H2,1H3. The van der Waals surface area contributed by atoms with E-state index in [1.54, 1.807) is 0 Å². The molecular weight excluding hydrogens is 345 g/mol. The molecule has 7 heteroatoms. The van der Waals surface area contributed by atoms with Crippen molar-refractivity contribution in [1.82, 2.24) is 4.90 Å². The SMILES string of the molecule is COC(=O)C1CCCN1C(=O)COc1ccc(F)cc1Br. The van der Waals surface area contributed by atoms with Crippen molar-refractivity contribution in [2.24, 2.45) is 0 Å². The minimum atomic E-state index is -0.539. The number of ether oxygens (including phenoxy) is 2. The molecule has 0 bridgehead atoms. The van der Waals surface area contributed by atoms with E-state index in [0.29, 0.717) is 23.2 Å². The van der Waals surface area contributed by atoms with Crippen molar-refractivity contribution in [2.75, 3.05) is 20.3 Å². The van der Waals surface area contributed by atoms with Crippen molar-refractivity contribution in [3.63, 3.8) is 0 Å². The van der Waals surface area contributed by atoms with Gasteiger partial charge < -0.3 is 14.4 Å². The Morgan fingerprint density at radius 2 is 2.24 bits per heavy atom. The van der Waals surface area contributed by atoms with Crippen LogP contribution in [0.3, 0.4) is 0 Å². The maximum Gasteiger partial charge on any atom is 0.328 e. The predicted molar refractivity (Wildman–Crippen MR) is 76.3 cm³/mol. The molecule has 21 heavy (non-hydrogen) atoms. The minimum Gasteiger partial charge on any atom is -0.483 e. The average Bonchev–Trinajstić information content (AvgIpc) is 2.94. The quantitative estimate of drug-likeness (QED) is 0.772. The van der Waals surface area contributed by atoms with Crippen LogP contribution >= 0.6 is 15.9 Å². The van der Waals surface area contributed by atoms with Crippen LogP contribution < -0.4 is 4.74 Å². The normalized spacial score (nSPS) is 17.7. The lowest BCUT2D eigenvalue weighted by atomic mass is 10.2. The molecule has 0 aliphatic carbocycles. The van der Waals surface area contributed by atoms with Gasteiger partial charge in [0.25, 0.3) is 5.91 Å². The average molecular weight is 360 g/mol. The summed E-state index contributed by atoms with van der Waals surface area (Å²) in [5.74, 6) is -0.729. The lowest BCUT2D eigenvalue weighted by molar-refractivity contribution is -0.151. The first-order valence-corrected chi connectivity index (χ1v) is 7.27. The molecule has 1 atom stereocenters. The van der Waals surface area contributed by atoms with E-state index in [0.717, 1.165) is 6.42 Å². The molecule has 2 rings (SSSR count). The van der Waals surface area contributed by atoms with Crippen LogP contribution in [0, 0.1) is 5.82 Å². The summed E-state index contributed by atoms with van der Waals surface area (Å²) in [6, 6.07) is 3.40. The number of rotatable bonds is 4. The maximum absolute atomic E-state index is 13.0. The fourth-order valence-electron chi connectivity index (χ4n) is 2.26. The third kappa shape index (κ3) is 3.72. The highest BCUT2D eigenvalue weighted by Crippen LogP contribution is 2.26. The molecular formula is C14H15BrFNO4. The number of hydrogen-bond donors (Lipinski definition) is 0. The second-order valence-electron chi connectivity index (χ2n) is 4.63. The van der Waals surface area contributed by atoms with Gasteiger partial charge in [-0.3, -0.25) is 4.79 Å². The molecule has 0 radical (unpaired) electrons. The Hall–Kier alpha value is -1.63. The second kappa shape index (κ2) is 6.89. The van der Waals surface area contributed by atoms with Crippen LogP contribution in [-0.2, 0) is 14.3 Å². The lowest BCUT2D eigenvalue weighted by Gasteiger charge is -2.22. The number of halogens is 2. The van der Waals surface area contributed by atoms with Crippen LogP contribution in [0.1, 0.15) is 12.8 Å². The van der Waals surface area contributed by atoms with E-state index in [1.807, 2.05) is 0 Å². The van der Waals surface area contributed by atoms with Gasteiger partial charge in [-0.2, -0.15) is 0 Å². The van der Waals surface area contributed by atoms with E-state index >= 15 is 0 Å². The molecule has 1 aromatic rings. The molecule has 1 aromatic carbocycles. The van der Waals surface area contributed by atoms with Gasteiger partial charge in [0.05, 0.1) is 11.6 Å². The van der Waals surface area contributed by atoms with Crippen LogP contribution in [0.2, 0.25) is 0 Å². The second-order valence-corrected chi connectivity index (χ2v) is 5.49. The number of benzene rings is 1. The highest BCUT2D eigenvalue weighted by Gasteiger charge is 2.34. The lowest BCUT2D eigenvalue weighted by Crippen LogP contribution is -2.43. The van der Waals surface area contributed by atoms with Gasteiger partial charge in [-0.05, 0) is 47.0 Å². The highest BCUT2D eigenvalue weighted by molar-refractivity contribution is 9.10. The van der Waals surface area contributed by atoms with Gasteiger partial charge in [0.1, 0.15) is 17.6 Å². The monoisotopic (exact) mass is 359 g/mol. The smallest absolute Gasteiger partial charge is 0.328 e. The first-order valence-electron chi connectivity index (χ1n) is 6.48. The first-order chi connectivity index (χ1) is 10.0. The van der Waals surface area contributed by atoms with Crippen LogP contribution in [-0.4, -0.2) is 43.1 Å². The molecule has 1 amide bonds. The minimum absolute atomic E-state index is 0.211.